The Morgan fingerprint density at radius 2 is 2.25 bits per heavy atom. The Balaban J connectivity index is 1.98. The van der Waals surface area contributed by atoms with Crippen molar-refractivity contribution in [3.8, 4) is 5.75 Å². The number of hydrogen-bond donors (Lipinski definition) is 2. The molecule has 0 bridgehead atoms. The van der Waals surface area contributed by atoms with Crippen LogP contribution in [0, 0.1) is 0 Å². The fourth-order valence-corrected chi connectivity index (χ4v) is 2.46. The summed E-state index contributed by atoms with van der Waals surface area (Å²) < 4.78 is 5.14. The number of ether oxygens (including phenoxy) is 1. The zero-order chi connectivity index (χ0) is 14.4. The van der Waals surface area contributed by atoms with Crippen molar-refractivity contribution in [3.63, 3.8) is 0 Å². The average Bonchev–Trinajstić information content (AvgIpc) is 2.48. The van der Waals surface area contributed by atoms with Gasteiger partial charge < -0.3 is 15.2 Å². The SMILES string of the molecule is COc1ccc(NC(=O)CC2=CCCCC2)cc1CO. The summed E-state index contributed by atoms with van der Waals surface area (Å²) in [5.74, 6) is 0.618. The number of anilines is 1. The van der Waals surface area contributed by atoms with Crippen LogP contribution in [0.25, 0.3) is 0 Å². The number of rotatable bonds is 5. The zero-order valence-corrected chi connectivity index (χ0v) is 11.8. The van der Waals surface area contributed by atoms with E-state index in [1.807, 2.05) is 0 Å². The molecule has 0 heterocycles. The molecule has 0 aliphatic heterocycles. The summed E-state index contributed by atoms with van der Waals surface area (Å²) in [6.07, 6.45) is 7.15. The summed E-state index contributed by atoms with van der Waals surface area (Å²) in [6.45, 7) is -0.113. The molecule has 108 valence electrons. The summed E-state index contributed by atoms with van der Waals surface area (Å²) in [7, 11) is 1.56. The quantitative estimate of drug-likeness (QED) is 0.812. The number of aliphatic hydroxyl groups excluding tert-OH is 1. The molecule has 0 aromatic heterocycles. The topological polar surface area (TPSA) is 58.6 Å². The molecular formula is C16H21NO3. The second-order valence-corrected chi connectivity index (χ2v) is 5.02. The van der Waals surface area contributed by atoms with Gasteiger partial charge in [0.15, 0.2) is 0 Å². The Bertz CT molecular complexity index is 508. The lowest BCUT2D eigenvalue weighted by atomic mass is 9.97. The summed E-state index contributed by atoms with van der Waals surface area (Å²) in [5, 5.41) is 12.1. The highest BCUT2D eigenvalue weighted by atomic mass is 16.5. The van der Waals surface area contributed by atoms with Gasteiger partial charge in [0.1, 0.15) is 5.75 Å². The molecule has 0 radical (unpaired) electrons. The van der Waals surface area contributed by atoms with Gasteiger partial charge in [0.2, 0.25) is 5.91 Å². The van der Waals surface area contributed by atoms with Crippen LogP contribution in [0.15, 0.2) is 29.8 Å². The van der Waals surface area contributed by atoms with Crippen molar-refractivity contribution in [1.82, 2.24) is 0 Å². The number of methoxy groups -OCH3 is 1. The minimum atomic E-state index is -0.113. The third-order valence-corrected chi connectivity index (χ3v) is 3.51. The number of amides is 1. The molecule has 0 saturated carbocycles. The number of benzene rings is 1. The van der Waals surface area contributed by atoms with Gasteiger partial charge in [-0.25, -0.2) is 0 Å². The summed E-state index contributed by atoms with van der Waals surface area (Å²) >= 11 is 0. The third-order valence-electron chi connectivity index (χ3n) is 3.51. The summed E-state index contributed by atoms with van der Waals surface area (Å²) in [6, 6.07) is 5.28. The molecule has 0 unspecified atom stereocenters. The molecule has 0 fully saturated rings. The van der Waals surface area contributed by atoms with E-state index >= 15 is 0 Å². The number of carbonyl (C=O) groups is 1. The lowest BCUT2D eigenvalue weighted by Gasteiger charge is -2.13. The Labute approximate surface area is 119 Å². The molecule has 1 amide bonds. The minimum absolute atomic E-state index is 0.00722. The highest BCUT2D eigenvalue weighted by Crippen LogP contribution is 2.24. The van der Waals surface area contributed by atoms with Crippen LogP contribution in [0.1, 0.15) is 37.7 Å². The molecule has 1 aromatic carbocycles. The van der Waals surface area contributed by atoms with Crippen LogP contribution < -0.4 is 10.1 Å². The molecule has 0 saturated heterocycles. The molecule has 1 aromatic rings. The van der Waals surface area contributed by atoms with Crippen molar-refractivity contribution >= 4 is 11.6 Å². The van der Waals surface area contributed by atoms with Gasteiger partial charge in [0.25, 0.3) is 0 Å². The van der Waals surface area contributed by atoms with Gasteiger partial charge in [-0.1, -0.05) is 11.6 Å². The molecule has 1 aliphatic rings. The van der Waals surface area contributed by atoms with Crippen molar-refractivity contribution in [3.05, 3.63) is 35.4 Å². The molecular weight excluding hydrogens is 254 g/mol. The second-order valence-electron chi connectivity index (χ2n) is 5.02. The van der Waals surface area contributed by atoms with Crippen LogP contribution in [0.4, 0.5) is 5.69 Å². The lowest BCUT2D eigenvalue weighted by Crippen LogP contribution is -2.13. The van der Waals surface area contributed by atoms with Crippen molar-refractivity contribution in [2.75, 3.05) is 12.4 Å². The van der Waals surface area contributed by atoms with E-state index in [2.05, 4.69) is 11.4 Å². The van der Waals surface area contributed by atoms with E-state index in [4.69, 9.17) is 4.74 Å². The Morgan fingerprint density at radius 3 is 2.90 bits per heavy atom. The van der Waals surface area contributed by atoms with E-state index in [0.29, 0.717) is 23.4 Å². The molecule has 0 spiro atoms. The minimum Gasteiger partial charge on any atom is -0.496 e. The fraction of sp³-hybridized carbons (Fsp3) is 0.438. The predicted octanol–water partition coefficient (Wildman–Crippen LogP) is 3.02. The zero-order valence-electron chi connectivity index (χ0n) is 11.8. The van der Waals surface area contributed by atoms with E-state index in [1.54, 1.807) is 25.3 Å². The van der Waals surface area contributed by atoms with Gasteiger partial charge in [0, 0.05) is 17.7 Å². The highest BCUT2D eigenvalue weighted by molar-refractivity contribution is 5.92. The van der Waals surface area contributed by atoms with Crippen LogP contribution in [0.5, 0.6) is 5.75 Å². The van der Waals surface area contributed by atoms with Crippen molar-refractivity contribution in [2.45, 2.75) is 38.7 Å². The van der Waals surface area contributed by atoms with E-state index in [-0.39, 0.29) is 12.5 Å². The van der Waals surface area contributed by atoms with Crippen LogP contribution in [0.3, 0.4) is 0 Å². The molecule has 1 aliphatic carbocycles. The van der Waals surface area contributed by atoms with E-state index in [1.165, 1.54) is 18.4 Å². The number of nitrogens with one attached hydrogen (secondary N) is 1. The highest BCUT2D eigenvalue weighted by Gasteiger charge is 2.10. The van der Waals surface area contributed by atoms with Gasteiger partial charge >= 0.3 is 0 Å². The summed E-state index contributed by atoms with van der Waals surface area (Å²) in [4.78, 5) is 12.0. The maximum Gasteiger partial charge on any atom is 0.228 e. The summed E-state index contributed by atoms with van der Waals surface area (Å²) in [5.41, 5.74) is 2.59. The van der Waals surface area contributed by atoms with E-state index < -0.39 is 0 Å². The standard InChI is InChI=1S/C16H21NO3/c1-20-15-8-7-14(10-13(15)11-18)17-16(19)9-12-5-3-2-4-6-12/h5,7-8,10,18H,2-4,6,9,11H2,1H3,(H,17,19). The molecule has 20 heavy (non-hydrogen) atoms. The van der Waals surface area contributed by atoms with Crippen LogP contribution in [-0.2, 0) is 11.4 Å². The lowest BCUT2D eigenvalue weighted by molar-refractivity contribution is -0.115. The Hall–Kier alpha value is -1.81. The first-order valence-corrected chi connectivity index (χ1v) is 6.98. The first kappa shape index (κ1) is 14.6. The molecule has 4 heteroatoms. The number of hydrogen-bond acceptors (Lipinski definition) is 3. The molecule has 2 rings (SSSR count). The van der Waals surface area contributed by atoms with Crippen LogP contribution >= 0.6 is 0 Å². The third kappa shape index (κ3) is 3.84. The number of allylic oxidation sites excluding steroid dienone is 1. The number of carbonyl (C=O) groups excluding carboxylic acids is 1. The molecule has 2 N–H and O–H groups in total. The maximum absolute atomic E-state index is 12.0. The van der Waals surface area contributed by atoms with Crippen LogP contribution in [0.2, 0.25) is 0 Å². The Kier molecular flexibility index (Phi) is 5.18. The maximum atomic E-state index is 12.0. The van der Waals surface area contributed by atoms with Crippen molar-refractivity contribution < 1.29 is 14.6 Å². The first-order valence-electron chi connectivity index (χ1n) is 6.98. The second kappa shape index (κ2) is 7.10. The average molecular weight is 275 g/mol. The van der Waals surface area contributed by atoms with Gasteiger partial charge in [-0.15, -0.1) is 0 Å². The van der Waals surface area contributed by atoms with Crippen molar-refractivity contribution in [1.29, 1.82) is 0 Å². The molecule has 0 atom stereocenters. The monoisotopic (exact) mass is 275 g/mol. The molecule has 4 nitrogen and oxygen atoms in total. The smallest absolute Gasteiger partial charge is 0.228 e. The first-order chi connectivity index (χ1) is 9.72. The normalized spacial score (nSPS) is 14.6. The predicted molar refractivity (Wildman–Crippen MR) is 78.7 cm³/mol. The van der Waals surface area contributed by atoms with Crippen molar-refractivity contribution in [2.24, 2.45) is 0 Å². The van der Waals surface area contributed by atoms with Gasteiger partial charge in [-0.2, -0.15) is 0 Å². The van der Waals surface area contributed by atoms with Crippen LogP contribution in [-0.4, -0.2) is 18.1 Å². The fourth-order valence-electron chi connectivity index (χ4n) is 2.46. The number of aliphatic hydroxyl groups is 1. The largest absolute Gasteiger partial charge is 0.496 e. The van der Waals surface area contributed by atoms with Gasteiger partial charge in [-0.05, 0) is 43.9 Å². The van der Waals surface area contributed by atoms with Gasteiger partial charge in [0.05, 0.1) is 13.7 Å². The van der Waals surface area contributed by atoms with E-state index in [9.17, 15) is 9.90 Å². The Morgan fingerprint density at radius 1 is 1.40 bits per heavy atom. The van der Waals surface area contributed by atoms with E-state index in [0.717, 1.165) is 12.8 Å². The van der Waals surface area contributed by atoms with Gasteiger partial charge in [-0.3, -0.25) is 4.79 Å².